The van der Waals surface area contributed by atoms with E-state index in [-0.39, 0.29) is 11.0 Å². The zero-order valence-electron chi connectivity index (χ0n) is 16.2. The number of aromatic nitrogens is 2. The van der Waals surface area contributed by atoms with E-state index in [4.69, 9.17) is 9.47 Å². The smallest absolute Gasteiger partial charge is 0.256 e. The topological polar surface area (TPSA) is 82.5 Å². The molecule has 7 heteroatoms. The predicted molar refractivity (Wildman–Crippen MR) is 107 cm³/mol. The van der Waals surface area contributed by atoms with Crippen molar-refractivity contribution in [3.05, 3.63) is 64.2 Å². The second-order valence-electron chi connectivity index (χ2n) is 6.22. The molecule has 146 valence electrons. The fourth-order valence-corrected chi connectivity index (χ4v) is 3.18. The second-order valence-corrected chi connectivity index (χ2v) is 6.22. The molecule has 0 fully saturated rings. The summed E-state index contributed by atoms with van der Waals surface area (Å²) in [5.41, 5.74) is 1.46. The van der Waals surface area contributed by atoms with Gasteiger partial charge in [-0.25, -0.2) is 0 Å². The number of pyridine rings is 2. The van der Waals surface area contributed by atoms with Crippen molar-refractivity contribution in [2.24, 2.45) is 0 Å². The molecule has 0 aliphatic heterocycles. The van der Waals surface area contributed by atoms with Crippen LogP contribution < -0.4 is 20.2 Å². The number of carbonyl (C=O) groups is 1. The molecular weight excluding hydrogens is 358 g/mol. The van der Waals surface area contributed by atoms with Gasteiger partial charge in [-0.3, -0.25) is 14.6 Å². The first kappa shape index (κ1) is 19.4. The van der Waals surface area contributed by atoms with E-state index in [2.05, 4.69) is 10.3 Å². The lowest BCUT2D eigenvalue weighted by molar-refractivity contribution is 0.0952. The van der Waals surface area contributed by atoms with Crippen molar-refractivity contribution in [1.82, 2.24) is 14.9 Å². The third-order valence-corrected chi connectivity index (χ3v) is 4.61. The summed E-state index contributed by atoms with van der Waals surface area (Å²) in [4.78, 5) is 29.6. The highest BCUT2D eigenvalue weighted by Gasteiger charge is 2.19. The summed E-state index contributed by atoms with van der Waals surface area (Å²) in [6.07, 6.45) is 5.66. The van der Waals surface area contributed by atoms with Crippen LogP contribution in [0.2, 0.25) is 0 Å². The Kier molecular flexibility index (Phi) is 5.93. The third kappa shape index (κ3) is 3.69. The Balaban J connectivity index is 1.94. The molecule has 0 aliphatic carbocycles. The average molecular weight is 381 g/mol. The van der Waals surface area contributed by atoms with Crippen molar-refractivity contribution in [1.29, 1.82) is 0 Å². The van der Waals surface area contributed by atoms with Gasteiger partial charge in [0.05, 0.1) is 25.1 Å². The van der Waals surface area contributed by atoms with Gasteiger partial charge in [-0.15, -0.1) is 0 Å². The zero-order valence-corrected chi connectivity index (χ0v) is 16.2. The molecule has 0 unspecified atom stereocenters. The molecule has 0 saturated heterocycles. The van der Waals surface area contributed by atoms with Gasteiger partial charge in [0.25, 0.3) is 5.91 Å². The van der Waals surface area contributed by atoms with Crippen molar-refractivity contribution in [3.8, 4) is 11.5 Å². The Bertz CT molecular complexity index is 1040. The summed E-state index contributed by atoms with van der Waals surface area (Å²) in [6.45, 7) is 2.93. The minimum Gasteiger partial charge on any atom is -0.493 e. The van der Waals surface area contributed by atoms with Crippen LogP contribution in [-0.4, -0.2) is 36.2 Å². The molecule has 0 spiro atoms. The number of amides is 1. The number of hydrogen-bond acceptors (Lipinski definition) is 5. The van der Waals surface area contributed by atoms with E-state index < -0.39 is 5.91 Å². The first-order valence-corrected chi connectivity index (χ1v) is 9.06. The van der Waals surface area contributed by atoms with Crippen molar-refractivity contribution >= 4 is 16.8 Å². The van der Waals surface area contributed by atoms with E-state index >= 15 is 0 Å². The Morgan fingerprint density at radius 1 is 1.14 bits per heavy atom. The number of rotatable bonds is 7. The fourth-order valence-electron chi connectivity index (χ4n) is 3.18. The molecule has 3 aromatic rings. The number of nitrogens with one attached hydrogen (secondary N) is 1. The molecule has 1 N–H and O–H groups in total. The normalized spacial score (nSPS) is 10.7. The van der Waals surface area contributed by atoms with E-state index in [9.17, 15) is 9.59 Å². The zero-order chi connectivity index (χ0) is 20.1. The van der Waals surface area contributed by atoms with Gasteiger partial charge < -0.3 is 19.4 Å². The highest BCUT2D eigenvalue weighted by Crippen LogP contribution is 2.34. The first-order valence-electron chi connectivity index (χ1n) is 9.06. The number of methoxy groups -OCH3 is 2. The molecule has 2 heterocycles. The van der Waals surface area contributed by atoms with Gasteiger partial charge in [0.1, 0.15) is 5.56 Å². The van der Waals surface area contributed by atoms with Gasteiger partial charge in [0, 0.05) is 31.7 Å². The standard InChI is InChI=1S/C21H23N3O4/c1-4-24-13-16(21(26)23-12-9-14-7-10-22-11-8-14)19(25)15-5-6-17(27-2)20(28-3)18(15)24/h5-8,10-11,13H,4,9,12H2,1-3H3,(H,23,26). The van der Waals surface area contributed by atoms with E-state index in [1.807, 2.05) is 23.6 Å². The predicted octanol–water partition coefficient (Wildman–Crippen LogP) is 2.41. The van der Waals surface area contributed by atoms with Crippen LogP contribution in [-0.2, 0) is 13.0 Å². The minimum atomic E-state index is -0.391. The number of fused-ring (bicyclic) bond motifs is 1. The molecule has 3 rings (SSSR count). The van der Waals surface area contributed by atoms with Gasteiger partial charge >= 0.3 is 0 Å². The molecule has 0 atom stereocenters. The summed E-state index contributed by atoms with van der Waals surface area (Å²) < 4.78 is 12.6. The van der Waals surface area contributed by atoms with Crippen LogP contribution >= 0.6 is 0 Å². The average Bonchev–Trinajstić information content (AvgIpc) is 2.73. The Hall–Kier alpha value is -3.35. The lowest BCUT2D eigenvalue weighted by Gasteiger charge is -2.16. The van der Waals surface area contributed by atoms with Gasteiger partial charge in [-0.2, -0.15) is 0 Å². The first-order chi connectivity index (χ1) is 13.6. The Morgan fingerprint density at radius 2 is 1.89 bits per heavy atom. The summed E-state index contributed by atoms with van der Waals surface area (Å²) in [5.74, 6) is 0.618. The van der Waals surface area contributed by atoms with Crippen LogP contribution in [0.25, 0.3) is 10.9 Å². The molecular formula is C21H23N3O4. The Labute approximate surface area is 162 Å². The van der Waals surface area contributed by atoms with E-state index in [0.29, 0.717) is 41.9 Å². The molecule has 0 aliphatic rings. The number of aryl methyl sites for hydroxylation is 1. The summed E-state index contributed by atoms with van der Waals surface area (Å²) in [7, 11) is 3.07. The molecule has 7 nitrogen and oxygen atoms in total. The number of carbonyl (C=O) groups excluding carboxylic acids is 1. The minimum absolute atomic E-state index is 0.108. The van der Waals surface area contributed by atoms with Crippen molar-refractivity contribution in [2.75, 3.05) is 20.8 Å². The molecule has 1 amide bonds. The molecule has 0 bridgehead atoms. The number of ether oxygens (including phenoxy) is 2. The summed E-state index contributed by atoms with van der Waals surface area (Å²) in [6, 6.07) is 7.13. The maximum absolute atomic E-state index is 13.0. The van der Waals surface area contributed by atoms with Gasteiger partial charge in [0.15, 0.2) is 11.5 Å². The third-order valence-electron chi connectivity index (χ3n) is 4.61. The highest BCUT2D eigenvalue weighted by atomic mass is 16.5. The van der Waals surface area contributed by atoms with Crippen LogP contribution in [0.4, 0.5) is 0 Å². The van der Waals surface area contributed by atoms with Crippen molar-refractivity contribution in [2.45, 2.75) is 19.9 Å². The van der Waals surface area contributed by atoms with Crippen LogP contribution in [0.5, 0.6) is 11.5 Å². The Morgan fingerprint density at radius 3 is 2.54 bits per heavy atom. The quantitative estimate of drug-likeness (QED) is 0.680. The molecule has 1 aromatic carbocycles. The van der Waals surface area contributed by atoms with Gasteiger partial charge in [0.2, 0.25) is 5.43 Å². The maximum Gasteiger partial charge on any atom is 0.256 e. The summed E-state index contributed by atoms with van der Waals surface area (Å²) >= 11 is 0. The molecule has 0 saturated carbocycles. The van der Waals surface area contributed by atoms with Gasteiger partial charge in [-0.1, -0.05) is 0 Å². The van der Waals surface area contributed by atoms with Gasteiger partial charge in [-0.05, 0) is 43.2 Å². The second kappa shape index (κ2) is 8.56. The SMILES string of the molecule is CCn1cc(C(=O)NCCc2ccncc2)c(=O)c2ccc(OC)c(OC)c21. The fraction of sp³-hybridized carbons (Fsp3) is 0.286. The van der Waals surface area contributed by atoms with E-state index in [1.165, 1.54) is 7.11 Å². The number of hydrogen-bond donors (Lipinski definition) is 1. The maximum atomic E-state index is 13.0. The van der Waals surface area contributed by atoms with Crippen molar-refractivity contribution in [3.63, 3.8) is 0 Å². The number of benzene rings is 1. The molecule has 2 aromatic heterocycles. The van der Waals surface area contributed by atoms with Crippen molar-refractivity contribution < 1.29 is 14.3 Å². The lowest BCUT2D eigenvalue weighted by atomic mass is 10.1. The van der Waals surface area contributed by atoms with Crippen LogP contribution in [0, 0.1) is 0 Å². The van der Waals surface area contributed by atoms with Crippen LogP contribution in [0.3, 0.4) is 0 Å². The number of nitrogens with zero attached hydrogens (tertiary/aromatic N) is 2. The van der Waals surface area contributed by atoms with Crippen LogP contribution in [0.1, 0.15) is 22.8 Å². The molecule has 28 heavy (non-hydrogen) atoms. The van der Waals surface area contributed by atoms with E-state index in [0.717, 1.165) is 5.56 Å². The monoisotopic (exact) mass is 381 g/mol. The largest absolute Gasteiger partial charge is 0.493 e. The molecule has 0 radical (unpaired) electrons. The van der Waals surface area contributed by atoms with Crippen LogP contribution in [0.15, 0.2) is 47.7 Å². The summed E-state index contributed by atoms with van der Waals surface area (Å²) in [5, 5.41) is 3.24. The lowest BCUT2D eigenvalue weighted by Crippen LogP contribution is -2.31. The highest BCUT2D eigenvalue weighted by molar-refractivity contribution is 5.98. The van der Waals surface area contributed by atoms with E-state index in [1.54, 1.807) is 37.8 Å².